The standard InChI is InChI=1S/C35H39N3O5S/c1-4-27(2)36-35(40)33(24-28-14-8-5-9-15-28)37(25-29-16-10-6-11-17-29)34(39)26-38(30-20-22-31(43-3)23-21-30)44(41,42)32-18-12-7-13-19-32/h5-23,27,33H,4,24-26H2,1-3H3,(H,36,40)/t27-,33+/m1/s1. The fourth-order valence-electron chi connectivity index (χ4n) is 4.77. The molecule has 44 heavy (non-hydrogen) atoms. The molecule has 0 saturated heterocycles. The van der Waals surface area contributed by atoms with Gasteiger partial charge in [0.1, 0.15) is 18.3 Å². The second-order valence-corrected chi connectivity index (χ2v) is 12.4. The first-order valence-electron chi connectivity index (χ1n) is 14.6. The Kier molecular flexibility index (Phi) is 11.2. The number of hydrogen-bond donors (Lipinski definition) is 1. The third-order valence-electron chi connectivity index (χ3n) is 7.44. The predicted octanol–water partition coefficient (Wildman–Crippen LogP) is 5.45. The highest BCUT2D eigenvalue weighted by atomic mass is 32.2. The van der Waals surface area contributed by atoms with E-state index < -0.39 is 28.5 Å². The number of rotatable bonds is 14. The van der Waals surface area contributed by atoms with Gasteiger partial charge in [0.25, 0.3) is 10.0 Å². The second-order valence-electron chi connectivity index (χ2n) is 10.6. The highest BCUT2D eigenvalue weighted by molar-refractivity contribution is 7.92. The molecule has 1 N–H and O–H groups in total. The molecule has 230 valence electrons. The van der Waals surface area contributed by atoms with Crippen molar-refractivity contribution < 1.29 is 22.7 Å². The van der Waals surface area contributed by atoms with Crippen molar-refractivity contribution in [3.05, 3.63) is 126 Å². The number of benzene rings is 4. The summed E-state index contributed by atoms with van der Waals surface area (Å²) < 4.78 is 34.4. The molecule has 0 aliphatic rings. The molecular formula is C35H39N3O5S. The van der Waals surface area contributed by atoms with Crippen LogP contribution in [0.4, 0.5) is 5.69 Å². The number of anilines is 1. The lowest BCUT2D eigenvalue weighted by molar-refractivity contribution is -0.140. The zero-order valence-electron chi connectivity index (χ0n) is 25.3. The average molecular weight is 614 g/mol. The highest BCUT2D eigenvalue weighted by Crippen LogP contribution is 2.27. The van der Waals surface area contributed by atoms with Crippen LogP contribution in [0.2, 0.25) is 0 Å². The third-order valence-corrected chi connectivity index (χ3v) is 9.23. The van der Waals surface area contributed by atoms with E-state index in [9.17, 15) is 18.0 Å². The molecule has 0 saturated carbocycles. The number of methoxy groups -OCH3 is 1. The largest absolute Gasteiger partial charge is 0.497 e. The fourth-order valence-corrected chi connectivity index (χ4v) is 6.21. The van der Waals surface area contributed by atoms with Crippen LogP contribution >= 0.6 is 0 Å². The molecule has 9 heteroatoms. The van der Waals surface area contributed by atoms with Crippen LogP contribution < -0.4 is 14.4 Å². The SMILES string of the molecule is CC[C@@H](C)NC(=O)[C@H](Cc1ccccc1)N(Cc1ccccc1)C(=O)CN(c1ccc(OC)cc1)S(=O)(=O)c1ccccc1. The topological polar surface area (TPSA) is 96.0 Å². The first-order valence-corrected chi connectivity index (χ1v) is 16.1. The van der Waals surface area contributed by atoms with E-state index in [0.717, 1.165) is 21.9 Å². The second kappa shape index (κ2) is 15.2. The van der Waals surface area contributed by atoms with Crippen LogP contribution in [0.5, 0.6) is 5.75 Å². The van der Waals surface area contributed by atoms with Gasteiger partial charge < -0.3 is 15.0 Å². The number of nitrogens with one attached hydrogen (secondary N) is 1. The van der Waals surface area contributed by atoms with E-state index in [-0.39, 0.29) is 29.8 Å². The lowest BCUT2D eigenvalue weighted by Crippen LogP contribution is -2.54. The van der Waals surface area contributed by atoms with Gasteiger partial charge in [0.05, 0.1) is 17.7 Å². The van der Waals surface area contributed by atoms with E-state index in [2.05, 4.69) is 5.32 Å². The van der Waals surface area contributed by atoms with Crippen LogP contribution in [0, 0.1) is 0 Å². The normalized spacial score (nSPS) is 12.5. The quantitative estimate of drug-likeness (QED) is 0.204. The van der Waals surface area contributed by atoms with Crippen molar-refractivity contribution in [1.29, 1.82) is 0 Å². The maximum absolute atomic E-state index is 14.4. The Hall–Kier alpha value is -4.63. The molecule has 0 radical (unpaired) electrons. The maximum Gasteiger partial charge on any atom is 0.264 e. The smallest absolute Gasteiger partial charge is 0.264 e. The van der Waals surface area contributed by atoms with Crippen LogP contribution in [0.15, 0.2) is 120 Å². The number of hydrogen-bond acceptors (Lipinski definition) is 5. The Morgan fingerprint density at radius 1 is 0.795 bits per heavy atom. The van der Waals surface area contributed by atoms with Gasteiger partial charge in [-0.15, -0.1) is 0 Å². The van der Waals surface area contributed by atoms with E-state index in [4.69, 9.17) is 4.74 Å². The molecule has 8 nitrogen and oxygen atoms in total. The van der Waals surface area contributed by atoms with Gasteiger partial charge in [0, 0.05) is 19.0 Å². The molecular weight excluding hydrogens is 574 g/mol. The molecule has 0 fully saturated rings. The van der Waals surface area contributed by atoms with Gasteiger partial charge in [-0.05, 0) is 60.9 Å². The number of carbonyl (C=O) groups is 2. The minimum absolute atomic E-state index is 0.0496. The monoisotopic (exact) mass is 613 g/mol. The molecule has 4 rings (SSSR count). The van der Waals surface area contributed by atoms with Gasteiger partial charge in [-0.1, -0.05) is 85.8 Å². The molecule has 0 heterocycles. The molecule has 0 unspecified atom stereocenters. The predicted molar refractivity (Wildman–Crippen MR) is 173 cm³/mol. The Morgan fingerprint density at radius 3 is 1.89 bits per heavy atom. The Labute approximate surface area is 260 Å². The van der Waals surface area contributed by atoms with Crippen molar-refractivity contribution in [2.45, 2.75) is 50.2 Å². The van der Waals surface area contributed by atoms with Crippen molar-refractivity contribution in [2.75, 3.05) is 18.0 Å². The van der Waals surface area contributed by atoms with Gasteiger partial charge in [-0.2, -0.15) is 0 Å². The van der Waals surface area contributed by atoms with E-state index in [1.165, 1.54) is 24.1 Å². The molecule has 2 amide bonds. The van der Waals surface area contributed by atoms with E-state index in [1.54, 1.807) is 42.5 Å². The minimum Gasteiger partial charge on any atom is -0.497 e. The van der Waals surface area contributed by atoms with E-state index >= 15 is 0 Å². The summed E-state index contributed by atoms with van der Waals surface area (Å²) in [7, 11) is -2.63. The number of sulfonamides is 1. The van der Waals surface area contributed by atoms with Crippen molar-refractivity contribution in [3.63, 3.8) is 0 Å². The molecule has 0 aliphatic heterocycles. The summed E-state index contributed by atoms with van der Waals surface area (Å²) in [5, 5.41) is 3.05. The lowest BCUT2D eigenvalue weighted by atomic mass is 10.0. The molecule has 2 atom stereocenters. The van der Waals surface area contributed by atoms with Gasteiger partial charge in [0.15, 0.2) is 0 Å². The zero-order valence-corrected chi connectivity index (χ0v) is 26.1. The first kappa shape index (κ1) is 32.3. The van der Waals surface area contributed by atoms with Crippen molar-refractivity contribution >= 4 is 27.5 Å². The summed E-state index contributed by atoms with van der Waals surface area (Å²) in [5.74, 6) is -0.258. The number of ether oxygens (including phenoxy) is 1. The number of nitrogens with zero attached hydrogens (tertiary/aromatic N) is 2. The molecule has 4 aromatic rings. The number of amides is 2. The van der Waals surface area contributed by atoms with Gasteiger partial charge >= 0.3 is 0 Å². The summed E-state index contributed by atoms with van der Waals surface area (Å²) in [6.45, 7) is 3.50. The van der Waals surface area contributed by atoms with Crippen LogP contribution in [0.1, 0.15) is 31.4 Å². The Bertz CT molecular complexity index is 1600. The van der Waals surface area contributed by atoms with Crippen LogP contribution in [0.25, 0.3) is 0 Å². The Morgan fingerprint density at radius 2 is 1.34 bits per heavy atom. The van der Waals surface area contributed by atoms with E-state index in [1.807, 2.05) is 74.5 Å². The highest BCUT2D eigenvalue weighted by Gasteiger charge is 2.35. The van der Waals surface area contributed by atoms with Gasteiger partial charge in [-0.25, -0.2) is 8.42 Å². The minimum atomic E-state index is -4.16. The average Bonchev–Trinajstić information content (AvgIpc) is 3.06. The van der Waals surface area contributed by atoms with Crippen molar-refractivity contribution in [1.82, 2.24) is 10.2 Å². The summed E-state index contributed by atoms with van der Waals surface area (Å²) in [4.78, 5) is 29.8. The molecule has 4 aromatic carbocycles. The van der Waals surface area contributed by atoms with Crippen molar-refractivity contribution in [3.8, 4) is 5.75 Å². The van der Waals surface area contributed by atoms with Gasteiger partial charge in [-0.3, -0.25) is 13.9 Å². The summed E-state index contributed by atoms with van der Waals surface area (Å²) in [6.07, 6.45) is 0.979. The molecule has 0 aromatic heterocycles. The van der Waals surface area contributed by atoms with E-state index in [0.29, 0.717) is 11.4 Å². The van der Waals surface area contributed by atoms with Crippen molar-refractivity contribution in [2.24, 2.45) is 0 Å². The zero-order chi connectivity index (χ0) is 31.5. The van der Waals surface area contributed by atoms with Gasteiger partial charge in [0.2, 0.25) is 11.8 Å². The fraction of sp³-hybridized carbons (Fsp3) is 0.257. The first-order chi connectivity index (χ1) is 21.2. The summed E-state index contributed by atoms with van der Waals surface area (Å²) >= 11 is 0. The lowest BCUT2D eigenvalue weighted by Gasteiger charge is -2.34. The van der Waals surface area contributed by atoms with Crippen LogP contribution in [-0.4, -0.2) is 50.9 Å². The maximum atomic E-state index is 14.4. The molecule has 0 bridgehead atoms. The van der Waals surface area contributed by atoms with Crippen LogP contribution in [0.3, 0.4) is 0 Å². The Balaban J connectivity index is 1.78. The summed E-state index contributed by atoms with van der Waals surface area (Å²) in [5.41, 5.74) is 2.00. The third kappa shape index (κ3) is 8.26. The number of carbonyl (C=O) groups excluding carboxylic acids is 2. The molecule has 0 aliphatic carbocycles. The summed E-state index contributed by atoms with van der Waals surface area (Å²) in [6, 6.07) is 32.4. The van der Waals surface area contributed by atoms with Crippen LogP contribution in [-0.2, 0) is 32.6 Å². The molecule has 0 spiro atoms.